The van der Waals surface area contributed by atoms with Gasteiger partial charge in [-0.1, -0.05) is 35.9 Å². The standard InChI is InChI=1S/C17H16ClFO/c1-11-3-4-13(7-12(11)2)8-16(20)9-14-5-6-15(19)10-17(14)18/h3-7,10H,8-9H2,1-2H3. The van der Waals surface area contributed by atoms with E-state index in [1.165, 1.54) is 23.3 Å². The van der Waals surface area contributed by atoms with Gasteiger partial charge in [0.25, 0.3) is 0 Å². The van der Waals surface area contributed by atoms with E-state index in [0.29, 0.717) is 17.0 Å². The lowest BCUT2D eigenvalue weighted by Gasteiger charge is -2.06. The maximum absolute atomic E-state index is 12.9. The zero-order valence-electron chi connectivity index (χ0n) is 11.5. The van der Waals surface area contributed by atoms with Gasteiger partial charge in [-0.25, -0.2) is 4.39 Å². The first kappa shape index (κ1) is 14.7. The fraction of sp³-hybridized carbons (Fsp3) is 0.235. The molecule has 0 aliphatic rings. The van der Waals surface area contributed by atoms with E-state index in [4.69, 9.17) is 11.6 Å². The molecule has 0 saturated carbocycles. The second kappa shape index (κ2) is 6.19. The van der Waals surface area contributed by atoms with E-state index in [0.717, 1.165) is 5.56 Å². The Morgan fingerprint density at radius 2 is 1.80 bits per heavy atom. The summed E-state index contributed by atoms with van der Waals surface area (Å²) in [6, 6.07) is 10.1. The molecule has 0 aromatic heterocycles. The summed E-state index contributed by atoms with van der Waals surface area (Å²) >= 11 is 5.93. The molecule has 0 unspecified atom stereocenters. The molecular weight excluding hydrogens is 275 g/mol. The maximum Gasteiger partial charge on any atom is 0.141 e. The van der Waals surface area contributed by atoms with E-state index in [-0.39, 0.29) is 18.0 Å². The van der Waals surface area contributed by atoms with Crippen LogP contribution in [0.4, 0.5) is 4.39 Å². The van der Waals surface area contributed by atoms with Crippen molar-refractivity contribution in [1.29, 1.82) is 0 Å². The average molecular weight is 291 g/mol. The second-order valence-corrected chi connectivity index (χ2v) is 5.45. The Balaban J connectivity index is 2.07. The number of aryl methyl sites for hydroxylation is 2. The number of rotatable bonds is 4. The van der Waals surface area contributed by atoms with Crippen LogP contribution in [0.3, 0.4) is 0 Å². The van der Waals surface area contributed by atoms with Crippen molar-refractivity contribution < 1.29 is 9.18 Å². The van der Waals surface area contributed by atoms with Crippen molar-refractivity contribution in [1.82, 2.24) is 0 Å². The molecule has 0 aliphatic heterocycles. The molecule has 20 heavy (non-hydrogen) atoms. The highest BCUT2D eigenvalue weighted by Crippen LogP contribution is 2.19. The molecule has 0 radical (unpaired) electrons. The van der Waals surface area contributed by atoms with Crippen molar-refractivity contribution in [2.45, 2.75) is 26.7 Å². The van der Waals surface area contributed by atoms with Gasteiger partial charge in [0.2, 0.25) is 0 Å². The lowest BCUT2D eigenvalue weighted by molar-refractivity contribution is -0.117. The lowest BCUT2D eigenvalue weighted by Crippen LogP contribution is -2.07. The molecule has 2 aromatic rings. The van der Waals surface area contributed by atoms with Crippen LogP contribution < -0.4 is 0 Å². The quantitative estimate of drug-likeness (QED) is 0.813. The molecule has 0 fully saturated rings. The molecule has 0 atom stereocenters. The fourth-order valence-corrected chi connectivity index (χ4v) is 2.32. The molecule has 104 valence electrons. The topological polar surface area (TPSA) is 17.1 Å². The first-order valence-electron chi connectivity index (χ1n) is 6.47. The van der Waals surface area contributed by atoms with Crippen molar-refractivity contribution in [3.63, 3.8) is 0 Å². The minimum Gasteiger partial charge on any atom is -0.299 e. The van der Waals surface area contributed by atoms with Crippen molar-refractivity contribution in [2.24, 2.45) is 0 Å². The number of benzene rings is 2. The predicted molar refractivity (Wildman–Crippen MR) is 79.7 cm³/mol. The number of carbonyl (C=O) groups is 1. The predicted octanol–water partition coefficient (Wildman–Crippen LogP) is 4.45. The molecule has 3 heteroatoms. The van der Waals surface area contributed by atoms with Gasteiger partial charge in [-0.3, -0.25) is 4.79 Å². The Bertz CT molecular complexity index is 649. The Morgan fingerprint density at radius 1 is 1.05 bits per heavy atom. The Hall–Kier alpha value is -1.67. The molecular formula is C17H16ClFO. The monoisotopic (exact) mass is 290 g/mol. The van der Waals surface area contributed by atoms with Crippen LogP contribution in [0, 0.1) is 19.7 Å². The highest BCUT2D eigenvalue weighted by atomic mass is 35.5. The highest BCUT2D eigenvalue weighted by Gasteiger charge is 2.09. The van der Waals surface area contributed by atoms with Crippen molar-refractivity contribution in [3.8, 4) is 0 Å². The van der Waals surface area contributed by atoms with Gasteiger partial charge < -0.3 is 0 Å². The van der Waals surface area contributed by atoms with Crippen LogP contribution in [0.5, 0.6) is 0 Å². The van der Waals surface area contributed by atoms with E-state index in [9.17, 15) is 9.18 Å². The Labute approximate surface area is 123 Å². The molecule has 0 N–H and O–H groups in total. The van der Waals surface area contributed by atoms with Gasteiger partial charge in [0.05, 0.1) is 0 Å². The largest absolute Gasteiger partial charge is 0.299 e. The normalized spacial score (nSPS) is 10.6. The average Bonchev–Trinajstić information content (AvgIpc) is 2.37. The Morgan fingerprint density at radius 3 is 2.45 bits per heavy atom. The minimum atomic E-state index is -0.389. The van der Waals surface area contributed by atoms with Crippen LogP contribution in [0.1, 0.15) is 22.3 Å². The van der Waals surface area contributed by atoms with Crippen LogP contribution >= 0.6 is 11.6 Å². The number of carbonyl (C=O) groups excluding carboxylic acids is 1. The molecule has 1 nitrogen and oxygen atoms in total. The smallest absolute Gasteiger partial charge is 0.141 e. The SMILES string of the molecule is Cc1ccc(CC(=O)Cc2ccc(F)cc2Cl)cc1C. The molecule has 2 aromatic carbocycles. The molecule has 0 saturated heterocycles. The summed E-state index contributed by atoms with van der Waals surface area (Å²) in [5.41, 5.74) is 4.05. The molecule has 0 spiro atoms. The summed E-state index contributed by atoms with van der Waals surface area (Å²) in [6.45, 7) is 4.07. The number of hydrogen-bond acceptors (Lipinski definition) is 1. The number of Topliss-reactive ketones (excluding diaryl/α,β-unsaturated/α-hetero) is 1. The second-order valence-electron chi connectivity index (χ2n) is 5.05. The summed E-state index contributed by atoms with van der Waals surface area (Å²) in [7, 11) is 0. The van der Waals surface area contributed by atoms with Gasteiger partial charge in [-0.05, 0) is 48.2 Å². The third-order valence-corrected chi connectivity index (χ3v) is 3.73. The molecule has 0 aliphatic carbocycles. The fourth-order valence-electron chi connectivity index (χ4n) is 2.08. The summed E-state index contributed by atoms with van der Waals surface area (Å²) in [5, 5.41) is 0.304. The highest BCUT2D eigenvalue weighted by molar-refractivity contribution is 6.31. The van der Waals surface area contributed by atoms with Crippen LogP contribution in [-0.4, -0.2) is 5.78 Å². The van der Waals surface area contributed by atoms with Gasteiger partial charge in [0.15, 0.2) is 0 Å². The Kier molecular flexibility index (Phi) is 4.56. The number of halogens is 2. The van der Waals surface area contributed by atoms with Gasteiger partial charge in [-0.2, -0.15) is 0 Å². The van der Waals surface area contributed by atoms with E-state index in [1.807, 2.05) is 32.0 Å². The van der Waals surface area contributed by atoms with Gasteiger partial charge in [-0.15, -0.1) is 0 Å². The van der Waals surface area contributed by atoms with Gasteiger partial charge >= 0.3 is 0 Å². The summed E-state index contributed by atoms with van der Waals surface area (Å²) in [6.07, 6.45) is 0.598. The van der Waals surface area contributed by atoms with Gasteiger partial charge in [0.1, 0.15) is 11.6 Å². The van der Waals surface area contributed by atoms with E-state index >= 15 is 0 Å². The van der Waals surface area contributed by atoms with Crippen molar-refractivity contribution in [3.05, 3.63) is 69.5 Å². The molecule has 2 rings (SSSR count). The van der Waals surface area contributed by atoms with E-state index < -0.39 is 0 Å². The van der Waals surface area contributed by atoms with Crippen molar-refractivity contribution in [2.75, 3.05) is 0 Å². The molecule has 0 heterocycles. The van der Waals surface area contributed by atoms with Gasteiger partial charge in [0, 0.05) is 17.9 Å². The zero-order chi connectivity index (χ0) is 14.7. The van der Waals surface area contributed by atoms with Crippen LogP contribution in [0.25, 0.3) is 0 Å². The van der Waals surface area contributed by atoms with E-state index in [2.05, 4.69) is 0 Å². The third kappa shape index (κ3) is 3.67. The van der Waals surface area contributed by atoms with Crippen molar-refractivity contribution >= 4 is 17.4 Å². The maximum atomic E-state index is 12.9. The summed E-state index contributed by atoms with van der Waals surface area (Å²) < 4.78 is 12.9. The number of hydrogen-bond donors (Lipinski definition) is 0. The van der Waals surface area contributed by atoms with E-state index in [1.54, 1.807) is 6.07 Å². The van der Waals surface area contributed by atoms with Crippen LogP contribution in [0.15, 0.2) is 36.4 Å². The lowest BCUT2D eigenvalue weighted by atomic mass is 9.99. The minimum absolute atomic E-state index is 0.0711. The third-order valence-electron chi connectivity index (χ3n) is 3.38. The first-order valence-corrected chi connectivity index (χ1v) is 6.85. The van der Waals surface area contributed by atoms with Crippen LogP contribution in [-0.2, 0) is 17.6 Å². The summed E-state index contributed by atoms with van der Waals surface area (Å²) in [4.78, 5) is 12.1. The molecule has 0 bridgehead atoms. The first-order chi connectivity index (χ1) is 9.45. The summed E-state index contributed by atoms with van der Waals surface area (Å²) in [5.74, 6) is -0.317. The molecule has 0 amide bonds. The van der Waals surface area contributed by atoms with Crippen LogP contribution in [0.2, 0.25) is 5.02 Å². The zero-order valence-corrected chi connectivity index (χ0v) is 12.3. The number of ketones is 1.